The Bertz CT molecular complexity index is 1080. The number of carbonyl (C=O) groups is 1. The molecule has 1 aliphatic heterocycles. The van der Waals surface area contributed by atoms with E-state index in [1.807, 2.05) is 36.4 Å². The van der Waals surface area contributed by atoms with Gasteiger partial charge < -0.3 is 9.84 Å². The summed E-state index contributed by atoms with van der Waals surface area (Å²) in [5.74, 6) is -0.121. The minimum Gasteiger partial charge on any atom is -0.497 e. The topological polar surface area (TPSA) is 70.9 Å². The second-order valence-electron chi connectivity index (χ2n) is 7.11. The summed E-state index contributed by atoms with van der Waals surface area (Å²) < 4.78 is 6.29. The van der Waals surface area contributed by atoms with Gasteiger partial charge in [-0.25, -0.2) is 4.79 Å². The van der Waals surface area contributed by atoms with Crippen LogP contribution in [-0.2, 0) is 0 Å². The number of carboxylic acid groups (broad SMARTS) is 1. The third-order valence-corrected chi connectivity index (χ3v) is 5.68. The molecule has 2 N–H and O–H groups in total. The van der Waals surface area contributed by atoms with E-state index in [2.05, 4.69) is 45.5 Å². The van der Waals surface area contributed by atoms with Gasteiger partial charge in [0.1, 0.15) is 11.9 Å². The number of aliphatic imine (C=N–C) groups is 1. The monoisotopic (exact) mass is 464 g/mol. The first-order valence-electron chi connectivity index (χ1n) is 9.59. The maximum atomic E-state index is 11.2. The van der Waals surface area contributed by atoms with Crippen LogP contribution in [0.15, 0.2) is 82.3 Å². The number of nitrogens with one attached hydrogen (secondary N) is 1. The van der Waals surface area contributed by atoms with E-state index >= 15 is 0 Å². The Hall–Kier alpha value is -2.96. The molecule has 1 heterocycles. The molecular weight excluding hydrogens is 444 g/mol. The molecule has 0 aliphatic carbocycles. The first kappa shape index (κ1) is 20.3. The zero-order valence-corrected chi connectivity index (χ0v) is 18.0. The van der Waals surface area contributed by atoms with Crippen molar-refractivity contribution in [3.05, 3.63) is 99.5 Å². The average molecular weight is 465 g/mol. The van der Waals surface area contributed by atoms with Gasteiger partial charge >= 0.3 is 5.97 Å². The number of benzene rings is 3. The maximum absolute atomic E-state index is 11.2. The average Bonchev–Trinajstić information content (AvgIpc) is 2.79. The number of hydrogen-bond acceptors (Lipinski definition) is 4. The predicted octanol–water partition coefficient (Wildman–Crippen LogP) is 5.38. The van der Waals surface area contributed by atoms with Crippen LogP contribution in [0.5, 0.6) is 5.75 Å². The Morgan fingerprint density at radius 2 is 1.77 bits per heavy atom. The van der Waals surface area contributed by atoms with Gasteiger partial charge in [-0.05, 0) is 53.1 Å². The molecule has 6 heteroatoms. The SMILES string of the molecule is COc1ccc([C@@H]2CC(c3cccc(Br)c3)=N[C@@H](c3ccc(C(=O)O)cc3)N2)cc1. The van der Waals surface area contributed by atoms with Crippen LogP contribution in [0.3, 0.4) is 0 Å². The van der Waals surface area contributed by atoms with Crippen molar-refractivity contribution in [3.63, 3.8) is 0 Å². The summed E-state index contributed by atoms with van der Waals surface area (Å²) in [6.07, 6.45) is 0.467. The van der Waals surface area contributed by atoms with Gasteiger partial charge in [0, 0.05) is 22.6 Å². The highest BCUT2D eigenvalue weighted by Gasteiger charge is 2.26. The van der Waals surface area contributed by atoms with E-state index in [0.717, 1.165) is 39.0 Å². The van der Waals surface area contributed by atoms with Gasteiger partial charge in [0.2, 0.25) is 0 Å². The molecule has 4 rings (SSSR count). The van der Waals surface area contributed by atoms with Crippen molar-refractivity contribution in [2.24, 2.45) is 4.99 Å². The number of halogens is 1. The van der Waals surface area contributed by atoms with E-state index < -0.39 is 5.97 Å². The largest absolute Gasteiger partial charge is 0.497 e. The van der Waals surface area contributed by atoms with Gasteiger partial charge in [-0.3, -0.25) is 10.3 Å². The molecule has 152 valence electrons. The molecule has 0 unspecified atom stereocenters. The molecule has 0 fully saturated rings. The quantitative estimate of drug-likeness (QED) is 0.531. The lowest BCUT2D eigenvalue weighted by Crippen LogP contribution is -2.33. The van der Waals surface area contributed by atoms with Crippen molar-refractivity contribution in [2.45, 2.75) is 18.6 Å². The van der Waals surface area contributed by atoms with Crippen molar-refractivity contribution >= 4 is 27.6 Å². The first-order chi connectivity index (χ1) is 14.5. The lowest BCUT2D eigenvalue weighted by molar-refractivity contribution is 0.0697. The van der Waals surface area contributed by atoms with Crippen LogP contribution in [0.2, 0.25) is 0 Å². The molecule has 30 heavy (non-hydrogen) atoms. The number of rotatable bonds is 5. The molecular formula is C24H21BrN2O3. The maximum Gasteiger partial charge on any atom is 0.335 e. The zero-order chi connectivity index (χ0) is 21.1. The fraction of sp³-hybridized carbons (Fsp3) is 0.167. The van der Waals surface area contributed by atoms with Crippen molar-refractivity contribution in [3.8, 4) is 5.75 Å². The Morgan fingerprint density at radius 1 is 1.07 bits per heavy atom. The van der Waals surface area contributed by atoms with E-state index in [4.69, 9.17) is 9.73 Å². The van der Waals surface area contributed by atoms with Crippen LogP contribution < -0.4 is 10.1 Å². The van der Waals surface area contributed by atoms with Gasteiger partial charge in [0.15, 0.2) is 0 Å². The number of ether oxygens (including phenoxy) is 1. The molecule has 1 aliphatic rings. The number of hydrogen-bond donors (Lipinski definition) is 2. The Morgan fingerprint density at radius 3 is 2.40 bits per heavy atom. The van der Waals surface area contributed by atoms with Crippen LogP contribution in [0.25, 0.3) is 0 Å². The third-order valence-electron chi connectivity index (χ3n) is 5.19. The summed E-state index contributed by atoms with van der Waals surface area (Å²) >= 11 is 3.55. The first-order valence-corrected chi connectivity index (χ1v) is 10.4. The summed E-state index contributed by atoms with van der Waals surface area (Å²) in [6.45, 7) is 0. The van der Waals surface area contributed by atoms with E-state index in [9.17, 15) is 9.90 Å². The molecule has 0 spiro atoms. The van der Waals surface area contributed by atoms with Gasteiger partial charge in [0.25, 0.3) is 0 Å². The highest BCUT2D eigenvalue weighted by atomic mass is 79.9. The van der Waals surface area contributed by atoms with Gasteiger partial charge in [-0.15, -0.1) is 0 Å². The van der Waals surface area contributed by atoms with E-state index in [-0.39, 0.29) is 17.8 Å². The highest BCUT2D eigenvalue weighted by molar-refractivity contribution is 9.10. The Labute approximate surface area is 183 Å². The number of aromatic carboxylic acids is 1. The number of carboxylic acids is 1. The second kappa shape index (κ2) is 8.81. The highest BCUT2D eigenvalue weighted by Crippen LogP contribution is 2.32. The van der Waals surface area contributed by atoms with Crippen LogP contribution in [0.1, 0.15) is 45.7 Å². The predicted molar refractivity (Wildman–Crippen MR) is 120 cm³/mol. The standard InChI is InChI=1S/C24H21BrN2O3/c1-30-20-11-9-15(10-12-20)21-14-22(18-3-2-4-19(25)13-18)27-23(26-21)16-5-7-17(8-6-16)24(28)29/h2-13,21,23,26H,14H2,1H3,(H,28,29)/t21-,23-/m0/s1. The lowest BCUT2D eigenvalue weighted by Gasteiger charge is -2.30. The Balaban J connectivity index is 1.71. The normalized spacial score (nSPS) is 18.5. The summed E-state index contributed by atoms with van der Waals surface area (Å²) in [5, 5.41) is 12.8. The molecule has 0 amide bonds. The third kappa shape index (κ3) is 4.45. The fourth-order valence-corrected chi connectivity index (χ4v) is 3.98. The summed E-state index contributed by atoms with van der Waals surface area (Å²) in [7, 11) is 1.66. The number of nitrogens with zero attached hydrogens (tertiary/aromatic N) is 1. The van der Waals surface area contributed by atoms with Crippen molar-refractivity contribution < 1.29 is 14.6 Å². The van der Waals surface area contributed by atoms with Crippen LogP contribution in [-0.4, -0.2) is 23.9 Å². The van der Waals surface area contributed by atoms with E-state index in [0.29, 0.717) is 0 Å². The second-order valence-corrected chi connectivity index (χ2v) is 8.03. The molecule has 5 nitrogen and oxygen atoms in total. The van der Waals surface area contributed by atoms with E-state index in [1.54, 1.807) is 19.2 Å². The van der Waals surface area contributed by atoms with E-state index in [1.165, 1.54) is 0 Å². The molecule has 2 atom stereocenters. The Kier molecular flexibility index (Phi) is 5.97. The smallest absolute Gasteiger partial charge is 0.335 e. The van der Waals surface area contributed by atoms with Gasteiger partial charge in [-0.2, -0.15) is 0 Å². The van der Waals surface area contributed by atoms with Crippen LogP contribution >= 0.6 is 15.9 Å². The minimum absolute atomic E-state index is 0.0616. The molecule has 0 saturated carbocycles. The van der Waals surface area contributed by atoms with Gasteiger partial charge in [0.05, 0.1) is 12.7 Å². The number of methoxy groups -OCH3 is 1. The molecule has 0 radical (unpaired) electrons. The van der Waals surface area contributed by atoms with Crippen molar-refractivity contribution in [1.82, 2.24) is 5.32 Å². The summed E-state index contributed by atoms with van der Waals surface area (Å²) in [5.41, 5.74) is 4.40. The lowest BCUT2D eigenvalue weighted by atomic mass is 9.94. The van der Waals surface area contributed by atoms with Gasteiger partial charge in [-0.1, -0.05) is 52.3 Å². The van der Waals surface area contributed by atoms with Crippen molar-refractivity contribution in [1.29, 1.82) is 0 Å². The summed E-state index contributed by atoms with van der Waals surface area (Å²) in [4.78, 5) is 16.1. The van der Waals surface area contributed by atoms with Crippen LogP contribution in [0.4, 0.5) is 0 Å². The fourth-order valence-electron chi connectivity index (χ4n) is 3.58. The molecule has 0 bridgehead atoms. The minimum atomic E-state index is -0.937. The van der Waals surface area contributed by atoms with Crippen LogP contribution in [0, 0.1) is 0 Å². The molecule has 3 aromatic rings. The molecule has 3 aromatic carbocycles. The zero-order valence-electron chi connectivity index (χ0n) is 16.4. The molecule has 0 saturated heterocycles. The summed E-state index contributed by atoms with van der Waals surface area (Å²) in [6, 6.07) is 23.1. The molecule has 0 aromatic heterocycles. The van der Waals surface area contributed by atoms with Crippen molar-refractivity contribution in [2.75, 3.05) is 7.11 Å².